The standard InChI is InChI=1S/C9H17NO2/c1-3-4-5-6-7-12-9(11)8(2)10/h3,8H,1,4-7,10H2,2H3. The summed E-state index contributed by atoms with van der Waals surface area (Å²) >= 11 is 0. The van der Waals surface area contributed by atoms with Gasteiger partial charge in [0.2, 0.25) is 0 Å². The summed E-state index contributed by atoms with van der Waals surface area (Å²) in [5.41, 5.74) is 5.29. The predicted octanol–water partition coefficient (Wildman–Crippen LogP) is 1.23. The molecule has 0 saturated heterocycles. The Labute approximate surface area is 73.6 Å². The van der Waals surface area contributed by atoms with Crippen molar-refractivity contribution in [1.29, 1.82) is 0 Å². The summed E-state index contributed by atoms with van der Waals surface area (Å²) in [6, 6.07) is -0.510. The number of rotatable bonds is 6. The van der Waals surface area contributed by atoms with Crippen LogP contribution in [-0.2, 0) is 9.53 Å². The lowest BCUT2D eigenvalue weighted by Gasteiger charge is -2.05. The lowest BCUT2D eigenvalue weighted by Crippen LogP contribution is -2.28. The minimum absolute atomic E-state index is 0.325. The molecule has 0 aromatic rings. The number of hydrogen-bond acceptors (Lipinski definition) is 3. The molecule has 12 heavy (non-hydrogen) atoms. The van der Waals surface area contributed by atoms with Gasteiger partial charge >= 0.3 is 5.97 Å². The summed E-state index contributed by atoms with van der Waals surface area (Å²) in [7, 11) is 0. The molecule has 3 heteroatoms. The van der Waals surface area contributed by atoms with Crippen molar-refractivity contribution >= 4 is 5.97 Å². The summed E-state index contributed by atoms with van der Waals surface area (Å²) in [4.78, 5) is 10.8. The van der Waals surface area contributed by atoms with Crippen LogP contribution < -0.4 is 5.73 Å². The molecule has 0 aliphatic rings. The van der Waals surface area contributed by atoms with E-state index in [9.17, 15) is 4.79 Å². The highest BCUT2D eigenvalue weighted by atomic mass is 16.5. The van der Waals surface area contributed by atoms with Crippen LogP contribution >= 0.6 is 0 Å². The van der Waals surface area contributed by atoms with Gasteiger partial charge in [0, 0.05) is 0 Å². The van der Waals surface area contributed by atoms with E-state index in [0.29, 0.717) is 6.61 Å². The van der Waals surface area contributed by atoms with Gasteiger partial charge in [-0.05, 0) is 26.2 Å². The van der Waals surface area contributed by atoms with Crippen molar-refractivity contribution in [2.45, 2.75) is 32.2 Å². The number of carbonyl (C=O) groups excluding carboxylic acids is 1. The zero-order chi connectivity index (χ0) is 9.40. The van der Waals surface area contributed by atoms with Crippen molar-refractivity contribution in [3.05, 3.63) is 12.7 Å². The minimum Gasteiger partial charge on any atom is -0.465 e. The molecule has 3 nitrogen and oxygen atoms in total. The molecule has 1 unspecified atom stereocenters. The monoisotopic (exact) mass is 171 g/mol. The van der Waals surface area contributed by atoms with Gasteiger partial charge in [-0.1, -0.05) is 6.08 Å². The van der Waals surface area contributed by atoms with E-state index in [4.69, 9.17) is 10.5 Å². The van der Waals surface area contributed by atoms with E-state index in [0.717, 1.165) is 19.3 Å². The molecular formula is C9H17NO2. The minimum atomic E-state index is -0.510. The zero-order valence-electron chi connectivity index (χ0n) is 7.58. The maximum atomic E-state index is 10.8. The Balaban J connectivity index is 3.19. The molecule has 0 bridgehead atoms. The Hall–Kier alpha value is -0.830. The first-order valence-electron chi connectivity index (χ1n) is 4.21. The number of nitrogens with two attached hydrogens (primary N) is 1. The largest absolute Gasteiger partial charge is 0.465 e. The first-order chi connectivity index (χ1) is 5.68. The van der Waals surface area contributed by atoms with Crippen molar-refractivity contribution < 1.29 is 9.53 Å². The van der Waals surface area contributed by atoms with Crippen LogP contribution in [0.5, 0.6) is 0 Å². The van der Waals surface area contributed by atoms with Crippen molar-refractivity contribution in [1.82, 2.24) is 0 Å². The van der Waals surface area contributed by atoms with E-state index in [-0.39, 0.29) is 5.97 Å². The fourth-order valence-corrected chi connectivity index (χ4v) is 0.695. The van der Waals surface area contributed by atoms with Gasteiger partial charge < -0.3 is 10.5 Å². The number of allylic oxidation sites excluding steroid dienone is 1. The van der Waals surface area contributed by atoms with Crippen LogP contribution in [0.25, 0.3) is 0 Å². The Morgan fingerprint density at radius 1 is 1.67 bits per heavy atom. The van der Waals surface area contributed by atoms with E-state index in [2.05, 4.69) is 6.58 Å². The van der Waals surface area contributed by atoms with E-state index >= 15 is 0 Å². The summed E-state index contributed by atoms with van der Waals surface area (Å²) in [6.07, 6.45) is 4.71. The maximum Gasteiger partial charge on any atom is 0.322 e. The number of carbonyl (C=O) groups is 1. The van der Waals surface area contributed by atoms with Crippen molar-refractivity contribution in [2.24, 2.45) is 5.73 Å². The molecule has 0 heterocycles. The molecular weight excluding hydrogens is 154 g/mol. The van der Waals surface area contributed by atoms with Crippen LogP contribution in [0.15, 0.2) is 12.7 Å². The molecule has 0 aliphatic heterocycles. The zero-order valence-corrected chi connectivity index (χ0v) is 7.58. The van der Waals surface area contributed by atoms with Gasteiger partial charge in [-0.15, -0.1) is 6.58 Å². The summed E-state index contributed by atoms with van der Waals surface area (Å²) in [5, 5.41) is 0. The third-order valence-electron chi connectivity index (χ3n) is 1.42. The normalized spacial score (nSPS) is 12.2. The second-order valence-corrected chi connectivity index (χ2v) is 2.74. The van der Waals surface area contributed by atoms with Crippen LogP contribution in [0.2, 0.25) is 0 Å². The molecule has 0 aliphatic carbocycles. The third-order valence-corrected chi connectivity index (χ3v) is 1.42. The summed E-state index contributed by atoms with van der Waals surface area (Å²) in [6.45, 7) is 5.68. The van der Waals surface area contributed by atoms with Gasteiger partial charge in [-0.2, -0.15) is 0 Å². The molecule has 70 valence electrons. The Morgan fingerprint density at radius 3 is 2.83 bits per heavy atom. The molecule has 0 rings (SSSR count). The van der Waals surface area contributed by atoms with E-state index in [1.165, 1.54) is 0 Å². The van der Waals surface area contributed by atoms with Gasteiger partial charge in [0.1, 0.15) is 6.04 Å². The molecule has 0 radical (unpaired) electrons. The topological polar surface area (TPSA) is 52.3 Å². The molecule has 0 amide bonds. The highest BCUT2D eigenvalue weighted by Gasteiger charge is 2.06. The lowest BCUT2D eigenvalue weighted by atomic mass is 10.2. The molecule has 1 atom stereocenters. The Bertz CT molecular complexity index is 143. The van der Waals surface area contributed by atoms with Crippen LogP contribution in [0.1, 0.15) is 26.2 Å². The second kappa shape index (κ2) is 6.85. The van der Waals surface area contributed by atoms with Crippen LogP contribution in [0.4, 0.5) is 0 Å². The van der Waals surface area contributed by atoms with Gasteiger partial charge in [-0.25, -0.2) is 0 Å². The fourth-order valence-electron chi connectivity index (χ4n) is 0.695. The van der Waals surface area contributed by atoms with Gasteiger partial charge in [0.05, 0.1) is 6.61 Å². The molecule has 0 aromatic carbocycles. The van der Waals surface area contributed by atoms with E-state index in [1.54, 1.807) is 6.92 Å². The molecule has 2 N–H and O–H groups in total. The van der Waals surface area contributed by atoms with Gasteiger partial charge in [0.25, 0.3) is 0 Å². The van der Waals surface area contributed by atoms with Crippen molar-refractivity contribution in [3.63, 3.8) is 0 Å². The quantitative estimate of drug-likeness (QED) is 0.371. The lowest BCUT2D eigenvalue weighted by molar-refractivity contribution is -0.144. The number of unbranched alkanes of at least 4 members (excludes halogenated alkanes) is 2. The Kier molecular flexibility index (Phi) is 6.38. The number of ether oxygens (including phenoxy) is 1. The molecule has 0 fully saturated rings. The van der Waals surface area contributed by atoms with E-state index < -0.39 is 6.04 Å². The summed E-state index contributed by atoms with van der Waals surface area (Å²) in [5.74, 6) is -0.325. The third kappa shape index (κ3) is 5.92. The molecule has 0 aromatic heterocycles. The van der Waals surface area contributed by atoms with Crippen molar-refractivity contribution in [3.8, 4) is 0 Å². The van der Waals surface area contributed by atoms with Gasteiger partial charge in [-0.3, -0.25) is 4.79 Å². The smallest absolute Gasteiger partial charge is 0.322 e. The first-order valence-corrected chi connectivity index (χ1v) is 4.21. The van der Waals surface area contributed by atoms with Crippen molar-refractivity contribution in [2.75, 3.05) is 6.61 Å². The van der Waals surface area contributed by atoms with Crippen LogP contribution in [0, 0.1) is 0 Å². The Morgan fingerprint density at radius 2 is 2.33 bits per heavy atom. The highest BCUT2D eigenvalue weighted by molar-refractivity contribution is 5.74. The van der Waals surface area contributed by atoms with E-state index in [1.807, 2.05) is 6.08 Å². The fraction of sp³-hybridized carbons (Fsp3) is 0.667. The number of esters is 1. The highest BCUT2D eigenvalue weighted by Crippen LogP contribution is 1.96. The second-order valence-electron chi connectivity index (χ2n) is 2.74. The van der Waals surface area contributed by atoms with Crippen LogP contribution in [-0.4, -0.2) is 18.6 Å². The molecule has 0 saturated carbocycles. The molecule has 0 spiro atoms. The van der Waals surface area contributed by atoms with Gasteiger partial charge in [0.15, 0.2) is 0 Å². The van der Waals surface area contributed by atoms with Crippen LogP contribution in [0.3, 0.4) is 0 Å². The maximum absolute atomic E-state index is 10.8. The number of hydrogen-bond donors (Lipinski definition) is 1. The first kappa shape index (κ1) is 11.2. The average molecular weight is 171 g/mol. The predicted molar refractivity (Wildman–Crippen MR) is 48.7 cm³/mol. The summed E-state index contributed by atoms with van der Waals surface area (Å²) < 4.78 is 4.85. The average Bonchev–Trinajstić information content (AvgIpc) is 2.03. The SMILES string of the molecule is C=CCCCCOC(=O)C(C)N.